The minimum absolute atomic E-state index is 0.391. The predicted octanol–water partition coefficient (Wildman–Crippen LogP) is 6.13. The minimum Gasteiger partial charge on any atom is -0.475 e. The van der Waals surface area contributed by atoms with Crippen LogP contribution >= 0.6 is 0 Å². The van der Waals surface area contributed by atoms with E-state index in [2.05, 4.69) is 46.6 Å². The number of hydrogen-bond acceptors (Lipinski definition) is 5. The van der Waals surface area contributed by atoms with Crippen LogP contribution in [0.3, 0.4) is 0 Å². The number of carbonyl (C=O) groups is 1. The van der Waals surface area contributed by atoms with Crippen molar-refractivity contribution in [3.05, 3.63) is 35.7 Å². The van der Waals surface area contributed by atoms with Gasteiger partial charge in [-0.15, -0.1) is 0 Å². The zero-order valence-electron chi connectivity index (χ0n) is 19.2. The lowest BCUT2D eigenvalue weighted by Gasteiger charge is -2.22. The third kappa shape index (κ3) is 9.94. The Labute approximate surface area is 193 Å². The van der Waals surface area contributed by atoms with Crippen molar-refractivity contribution in [2.24, 2.45) is 0 Å². The number of rotatable bonds is 12. The van der Waals surface area contributed by atoms with Gasteiger partial charge >= 0.3 is 12.1 Å². The summed E-state index contributed by atoms with van der Waals surface area (Å²) >= 11 is 0. The number of aliphatic carboxylic acids is 1. The molecule has 2 heterocycles. The van der Waals surface area contributed by atoms with Crippen molar-refractivity contribution in [1.29, 1.82) is 0 Å². The normalized spacial score (nSPS) is 13.8. The van der Waals surface area contributed by atoms with Gasteiger partial charge < -0.3 is 14.9 Å². The number of unbranched alkanes of at least 4 members (excludes halogenated alkanes) is 8. The van der Waals surface area contributed by atoms with Crippen LogP contribution < -0.4 is 5.32 Å². The van der Waals surface area contributed by atoms with Gasteiger partial charge in [0.15, 0.2) is 0 Å². The highest BCUT2D eigenvalue weighted by atomic mass is 19.4. The van der Waals surface area contributed by atoms with Crippen LogP contribution in [0.1, 0.15) is 82.1 Å². The van der Waals surface area contributed by atoms with Gasteiger partial charge in [-0.05, 0) is 18.4 Å². The van der Waals surface area contributed by atoms with E-state index in [4.69, 9.17) is 14.4 Å². The first kappa shape index (κ1) is 26.8. The van der Waals surface area contributed by atoms with Crippen molar-refractivity contribution in [1.82, 2.24) is 15.5 Å². The molecular formula is C24H34F3N3O3. The van der Waals surface area contributed by atoms with E-state index >= 15 is 0 Å². The molecule has 1 aromatic heterocycles. The minimum atomic E-state index is -5.08. The lowest BCUT2D eigenvalue weighted by molar-refractivity contribution is -0.192. The van der Waals surface area contributed by atoms with Crippen molar-refractivity contribution in [2.75, 3.05) is 13.1 Å². The maximum atomic E-state index is 10.6. The Morgan fingerprint density at radius 3 is 2.06 bits per heavy atom. The fourth-order valence-corrected chi connectivity index (χ4v) is 3.44. The fraction of sp³-hybridized carbons (Fsp3) is 0.625. The van der Waals surface area contributed by atoms with E-state index < -0.39 is 12.1 Å². The Morgan fingerprint density at radius 2 is 1.58 bits per heavy atom. The highest BCUT2D eigenvalue weighted by molar-refractivity contribution is 5.73. The van der Waals surface area contributed by atoms with Gasteiger partial charge in [-0.25, -0.2) is 4.79 Å². The molecule has 2 aromatic rings. The monoisotopic (exact) mass is 469 g/mol. The topological polar surface area (TPSA) is 88.3 Å². The van der Waals surface area contributed by atoms with Gasteiger partial charge in [0.25, 0.3) is 0 Å². The molecule has 9 heteroatoms. The highest BCUT2D eigenvalue weighted by Crippen LogP contribution is 2.23. The molecule has 0 radical (unpaired) electrons. The average molecular weight is 470 g/mol. The predicted molar refractivity (Wildman–Crippen MR) is 120 cm³/mol. The molecule has 0 spiro atoms. The summed E-state index contributed by atoms with van der Waals surface area (Å²) in [4.78, 5) is 13.4. The van der Waals surface area contributed by atoms with E-state index in [9.17, 15) is 13.2 Å². The molecule has 0 amide bonds. The van der Waals surface area contributed by atoms with E-state index in [1.165, 1.54) is 69.8 Å². The van der Waals surface area contributed by atoms with Crippen LogP contribution in [0.15, 0.2) is 28.8 Å². The standard InChI is InChI=1S/C22H33N3O.C2HF3O2/c1-2-3-4-5-6-7-8-9-10-11-18-12-14-19(15-13-18)21-24-22(26-25-21)20-16-23-17-20;3-2(4,5)1(6)7/h12-15,20,23H,2-11,16-17H2,1H3;(H,6,7). The molecule has 6 nitrogen and oxygen atoms in total. The number of aromatic nitrogens is 2. The van der Waals surface area contributed by atoms with Gasteiger partial charge in [0.2, 0.25) is 11.7 Å². The number of halogens is 3. The molecule has 33 heavy (non-hydrogen) atoms. The lowest BCUT2D eigenvalue weighted by atomic mass is 10.0. The third-order valence-electron chi connectivity index (χ3n) is 5.60. The van der Waals surface area contributed by atoms with Crippen LogP contribution in [0.2, 0.25) is 0 Å². The molecule has 0 atom stereocenters. The third-order valence-corrected chi connectivity index (χ3v) is 5.60. The molecule has 1 aliphatic heterocycles. The number of carboxylic acid groups (broad SMARTS) is 1. The van der Waals surface area contributed by atoms with E-state index in [-0.39, 0.29) is 0 Å². The van der Waals surface area contributed by atoms with Gasteiger partial charge in [-0.3, -0.25) is 0 Å². The highest BCUT2D eigenvalue weighted by Gasteiger charge is 2.38. The first-order valence-corrected chi connectivity index (χ1v) is 11.7. The van der Waals surface area contributed by atoms with Gasteiger partial charge in [-0.2, -0.15) is 18.2 Å². The van der Waals surface area contributed by atoms with Crippen LogP contribution in [0, 0.1) is 0 Å². The number of carboxylic acids is 1. The van der Waals surface area contributed by atoms with Crippen molar-refractivity contribution in [2.45, 2.75) is 83.2 Å². The summed E-state index contributed by atoms with van der Waals surface area (Å²) in [5.74, 6) is -0.895. The fourth-order valence-electron chi connectivity index (χ4n) is 3.44. The van der Waals surface area contributed by atoms with Gasteiger partial charge in [0.05, 0.1) is 5.92 Å². The summed E-state index contributed by atoms with van der Waals surface area (Å²) in [7, 11) is 0. The maximum absolute atomic E-state index is 10.6. The largest absolute Gasteiger partial charge is 0.490 e. The van der Waals surface area contributed by atoms with Crippen molar-refractivity contribution >= 4 is 5.97 Å². The molecule has 3 rings (SSSR count). The number of hydrogen-bond donors (Lipinski definition) is 2. The van der Waals surface area contributed by atoms with Crippen LogP contribution in [0.25, 0.3) is 11.4 Å². The smallest absolute Gasteiger partial charge is 0.475 e. The first-order valence-electron chi connectivity index (χ1n) is 11.7. The summed E-state index contributed by atoms with van der Waals surface area (Å²) < 4.78 is 37.1. The molecule has 0 bridgehead atoms. The number of benzene rings is 1. The van der Waals surface area contributed by atoms with Crippen molar-refractivity contribution in [3.63, 3.8) is 0 Å². The molecule has 0 unspecified atom stereocenters. The van der Waals surface area contributed by atoms with Crippen molar-refractivity contribution < 1.29 is 27.6 Å². The van der Waals surface area contributed by atoms with E-state index in [1.807, 2.05) is 0 Å². The molecular weight excluding hydrogens is 435 g/mol. The second-order valence-electron chi connectivity index (χ2n) is 8.39. The summed E-state index contributed by atoms with van der Waals surface area (Å²) in [5, 5.41) is 14.5. The van der Waals surface area contributed by atoms with Gasteiger partial charge in [0, 0.05) is 18.7 Å². The second kappa shape index (κ2) is 14.0. The Morgan fingerprint density at radius 1 is 1.03 bits per heavy atom. The second-order valence-corrected chi connectivity index (χ2v) is 8.39. The van der Waals surface area contributed by atoms with Crippen LogP contribution in [0.4, 0.5) is 13.2 Å². The number of alkyl halides is 3. The Hall–Kier alpha value is -2.42. The zero-order chi connectivity index (χ0) is 24.1. The Kier molecular flexibility index (Phi) is 11.4. The molecule has 184 valence electrons. The molecule has 1 aliphatic rings. The first-order chi connectivity index (χ1) is 15.8. The van der Waals surface area contributed by atoms with Crippen LogP contribution in [0.5, 0.6) is 0 Å². The van der Waals surface area contributed by atoms with Crippen LogP contribution in [-0.2, 0) is 11.2 Å². The van der Waals surface area contributed by atoms with E-state index in [1.54, 1.807) is 0 Å². The molecule has 0 saturated carbocycles. The molecule has 1 aromatic carbocycles. The van der Waals surface area contributed by atoms with Gasteiger partial charge in [0.1, 0.15) is 0 Å². The van der Waals surface area contributed by atoms with E-state index in [0.717, 1.165) is 24.5 Å². The summed E-state index contributed by atoms with van der Waals surface area (Å²) in [6, 6.07) is 8.66. The Balaban J connectivity index is 0.000000479. The molecule has 0 aliphatic carbocycles. The SMILES string of the molecule is CCCCCCCCCCCc1ccc(-c2noc(C3CNC3)n2)cc1.O=C(O)C(F)(F)F. The average Bonchev–Trinajstić information content (AvgIpc) is 3.21. The summed E-state index contributed by atoms with van der Waals surface area (Å²) in [6.07, 6.45) is 8.50. The molecule has 1 fully saturated rings. The number of nitrogens with one attached hydrogen (secondary N) is 1. The summed E-state index contributed by atoms with van der Waals surface area (Å²) in [5.41, 5.74) is 2.45. The maximum Gasteiger partial charge on any atom is 0.490 e. The van der Waals surface area contributed by atoms with E-state index in [0.29, 0.717) is 11.7 Å². The summed E-state index contributed by atoms with van der Waals surface area (Å²) in [6.45, 7) is 4.16. The van der Waals surface area contributed by atoms with Gasteiger partial charge in [-0.1, -0.05) is 87.7 Å². The lowest BCUT2D eigenvalue weighted by Crippen LogP contribution is -2.40. The van der Waals surface area contributed by atoms with Crippen LogP contribution in [-0.4, -0.2) is 40.5 Å². The number of aryl methyl sites for hydroxylation is 1. The molecule has 1 saturated heterocycles. The zero-order valence-corrected chi connectivity index (χ0v) is 19.2. The number of nitrogens with zero attached hydrogens (tertiary/aromatic N) is 2. The van der Waals surface area contributed by atoms with Crippen molar-refractivity contribution in [3.8, 4) is 11.4 Å². The Bertz CT molecular complexity index is 818. The quantitative estimate of drug-likeness (QED) is 0.364. The molecule has 2 N–H and O–H groups in total.